The molecule has 1 aliphatic heterocycles. The van der Waals surface area contributed by atoms with Crippen LogP contribution in [-0.2, 0) is 4.79 Å². The summed E-state index contributed by atoms with van der Waals surface area (Å²) in [7, 11) is 1.68. The van der Waals surface area contributed by atoms with E-state index in [4.69, 9.17) is 4.74 Å². The molecule has 0 spiro atoms. The van der Waals surface area contributed by atoms with Gasteiger partial charge in [0.15, 0.2) is 0 Å². The molecule has 1 heterocycles. The van der Waals surface area contributed by atoms with Gasteiger partial charge in [-0.05, 0) is 32.3 Å². The Balaban J connectivity index is 0.000000372. The van der Waals surface area contributed by atoms with Gasteiger partial charge < -0.3 is 9.64 Å². The molecule has 1 saturated heterocycles. The molecule has 0 bridgehead atoms. The number of benzene rings is 1. The third-order valence-electron chi connectivity index (χ3n) is 5.86. The van der Waals surface area contributed by atoms with Crippen LogP contribution in [0.1, 0.15) is 104 Å². The summed E-state index contributed by atoms with van der Waals surface area (Å²) in [6.45, 7) is 14.9. The summed E-state index contributed by atoms with van der Waals surface area (Å²) in [6.07, 6.45) is 9.65. The highest BCUT2D eigenvalue weighted by molar-refractivity contribution is 8.01. The smallest absolute Gasteiger partial charge is 0.220 e. The minimum Gasteiger partial charge on any atom is -0.496 e. The van der Waals surface area contributed by atoms with Crippen molar-refractivity contribution >= 4 is 17.7 Å². The Morgan fingerprint density at radius 3 is 2.13 bits per heavy atom. The van der Waals surface area contributed by atoms with E-state index in [0.717, 1.165) is 23.7 Å². The molecule has 0 radical (unpaired) electrons. The third kappa shape index (κ3) is 7.51. The number of carbonyl (C=O) groups is 1. The monoisotopic (exact) mass is 435 g/mol. The standard InChI is InChI=1S/C16H23NO2S.C7H14.C3H8/c1-6-14-16(3,4)20-15(17(14)11(2)18)12-9-7-8-10-13(12)19-5;1-7-5-3-2-4-6-7;1-3-2/h7-10,14-15H,6H2,1-5H3;7H,2-6H2,1H3;3H2,1-2H3. The minimum atomic E-state index is 0.0311. The first-order chi connectivity index (χ1) is 14.2. The average Bonchev–Trinajstić information content (AvgIpc) is 3.00. The zero-order chi connectivity index (χ0) is 22.7. The highest BCUT2D eigenvalue weighted by Gasteiger charge is 2.48. The van der Waals surface area contributed by atoms with Gasteiger partial charge in [-0.3, -0.25) is 4.79 Å². The van der Waals surface area contributed by atoms with Crippen molar-refractivity contribution < 1.29 is 9.53 Å². The van der Waals surface area contributed by atoms with Crippen LogP contribution >= 0.6 is 11.8 Å². The molecular weight excluding hydrogens is 390 g/mol. The molecule has 1 aromatic rings. The molecule has 1 amide bonds. The summed E-state index contributed by atoms with van der Waals surface area (Å²) in [5.74, 6) is 2.02. The Bertz CT molecular complexity index is 625. The quantitative estimate of drug-likeness (QED) is 0.484. The maximum Gasteiger partial charge on any atom is 0.220 e. The van der Waals surface area contributed by atoms with E-state index < -0.39 is 0 Å². The first-order valence-corrected chi connectivity index (χ1v) is 12.7. The molecule has 30 heavy (non-hydrogen) atoms. The lowest BCUT2D eigenvalue weighted by atomic mass is 9.91. The Labute approximate surface area is 190 Å². The van der Waals surface area contributed by atoms with Gasteiger partial charge in [0.2, 0.25) is 5.91 Å². The normalized spacial score (nSPS) is 23.0. The Morgan fingerprint density at radius 1 is 1.13 bits per heavy atom. The summed E-state index contributed by atoms with van der Waals surface area (Å²) in [6, 6.07) is 8.23. The van der Waals surface area contributed by atoms with Crippen molar-refractivity contribution in [3.63, 3.8) is 0 Å². The molecule has 2 fully saturated rings. The van der Waals surface area contributed by atoms with Crippen molar-refractivity contribution in [1.29, 1.82) is 0 Å². The van der Waals surface area contributed by atoms with Gasteiger partial charge in [-0.15, -0.1) is 11.8 Å². The second-order valence-corrected chi connectivity index (χ2v) is 10.9. The summed E-state index contributed by atoms with van der Waals surface area (Å²) in [4.78, 5) is 14.2. The summed E-state index contributed by atoms with van der Waals surface area (Å²) < 4.78 is 5.52. The molecule has 2 unspecified atom stereocenters. The Morgan fingerprint density at radius 2 is 1.70 bits per heavy atom. The van der Waals surface area contributed by atoms with E-state index in [-0.39, 0.29) is 22.1 Å². The topological polar surface area (TPSA) is 29.5 Å². The van der Waals surface area contributed by atoms with E-state index in [1.54, 1.807) is 14.0 Å². The number of para-hydroxylation sites is 1. The number of hydrogen-bond donors (Lipinski definition) is 0. The second-order valence-electron chi connectivity index (χ2n) is 9.12. The van der Waals surface area contributed by atoms with Crippen molar-refractivity contribution in [3.05, 3.63) is 29.8 Å². The minimum absolute atomic E-state index is 0.0311. The van der Waals surface area contributed by atoms with E-state index in [0.29, 0.717) is 0 Å². The Hall–Kier alpha value is -1.16. The van der Waals surface area contributed by atoms with Crippen LogP contribution in [0.5, 0.6) is 5.75 Å². The lowest BCUT2D eigenvalue weighted by molar-refractivity contribution is -0.131. The third-order valence-corrected chi connectivity index (χ3v) is 7.44. The van der Waals surface area contributed by atoms with E-state index >= 15 is 0 Å². The summed E-state index contributed by atoms with van der Waals surface area (Å²) in [5, 5.41) is 0.0311. The number of rotatable bonds is 3. The largest absolute Gasteiger partial charge is 0.496 e. The van der Waals surface area contributed by atoms with Crippen LogP contribution in [0.3, 0.4) is 0 Å². The Kier molecular flexibility index (Phi) is 11.9. The number of nitrogens with zero attached hydrogens (tertiary/aromatic N) is 1. The molecule has 4 heteroatoms. The molecular formula is C26H45NO2S. The predicted molar refractivity (Wildman–Crippen MR) is 132 cm³/mol. The van der Waals surface area contributed by atoms with Gasteiger partial charge in [0.25, 0.3) is 0 Å². The average molecular weight is 436 g/mol. The molecule has 1 aromatic carbocycles. The van der Waals surface area contributed by atoms with Crippen molar-refractivity contribution in [3.8, 4) is 5.75 Å². The van der Waals surface area contributed by atoms with Gasteiger partial charge in [-0.1, -0.05) is 84.4 Å². The van der Waals surface area contributed by atoms with Crippen molar-refractivity contribution in [2.75, 3.05) is 7.11 Å². The van der Waals surface area contributed by atoms with Crippen LogP contribution in [0.2, 0.25) is 0 Å². The molecule has 0 aromatic heterocycles. The van der Waals surface area contributed by atoms with Gasteiger partial charge in [-0.25, -0.2) is 0 Å². The first kappa shape index (κ1) is 26.9. The fourth-order valence-corrected chi connectivity index (χ4v) is 6.13. The van der Waals surface area contributed by atoms with E-state index in [2.05, 4.69) is 47.6 Å². The van der Waals surface area contributed by atoms with Gasteiger partial charge in [0.05, 0.1) is 7.11 Å². The van der Waals surface area contributed by atoms with Crippen molar-refractivity contribution in [1.82, 2.24) is 4.90 Å². The predicted octanol–water partition coefficient (Wildman–Crippen LogP) is 7.85. The van der Waals surface area contributed by atoms with Crippen LogP contribution in [0.15, 0.2) is 24.3 Å². The maximum atomic E-state index is 12.2. The number of hydrogen-bond acceptors (Lipinski definition) is 3. The fraction of sp³-hybridized carbons (Fsp3) is 0.731. The number of methoxy groups -OCH3 is 1. The number of ether oxygens (including phenoxy) is 1. The lowest BCUT2D eigenvalue weighted by Gasteiger charge is -2.31. The van der Waals surface area contributed by atoms with Gasteiger partial charge in [0, 0.05) is 23.3 Å². The molecule has 172 valence electrons. The van der Waals surface area contributed by atoms with E-state index in [1.807, 2.05) is 34.9 Å². The molecule has 1 saturated carbocycles. The molecule has 1 aliphatic carbocycles. The van der Waals surface area contributed by atoms with Crippen LogP contribution in [0, 0.1) is 5.92 Å². The van der Waals surface area contributed by atoms with Crippen LogP contribution < -0.4 is 4.74 Å². The molecule has 3 nitrogen and oxygen atoms in total. The molecule has 2 atom stereocenters. The lowest BCUT2D eigenvalue weighted by Crippen LogP contribution is -2.42. The summed E-state index contributed by atoms with van der Waals surface area (Å²) >= 11 is 1.84. The molecule has 0 N–H and O–H groups in total. The molecule has 2 aliphatic rings. The van der Waals surface area contributed by atoms with Gasteiger partial charge in [-0.2, -0.15) is 0 Å². The van der Waals surface area contributed by atoms with E-state index in [9.17, 15) is 4.79 Å². The zero-order valence-electron chi connectivity index (χ0n) is 20.7. The second kappa shape index (κ2) is 13.3. The SMILES string of the molecule is CC1CCCCC1.CCC.CCC1N(C(C)=O)C(c2ccccc2OC)SC1(C)C. The summed E-state index contributed by atoms with van der Waals surface area (Å²) in [5.41, 5.74) is 1.08. The molecule has 3 rings (SSSR count). The van der Waals surface area contributed by atoms with Crippen molar-refractivity contribution in [2.24, 2.45) is 5.92 Å². The van der Waals surface area contributed by atoms with Crippen LogP contribution in [0.4, 0.5) is 0 Å². The zero-order valence-corrected chi connectivity index (χ0v) is 21.5. The van der Waals surface area contributed by atoms with Crippen molar-refractivity contribution in [2.45, 2.75) is 110 Å². The van der Waals surface area contributed by atoms with E-state index in [1.165, 1.54) is 38.5 Å². The van der Waals surface area contributed by atoms with Crippen LogP contribution in [-0.4, -0.2) is 28.7 Å². The number of carbonyl (C=O) groups excluding carboxylic acids is 1. The number of thioether (sulfide) groups is 1. The maximum absolute atomic E-state index is 12.2. The first-order valence-electron chi connectivity index (χ1n) is 11.8. The number of amides is 1. The van der Waals surface area contributed by atoms with Crippen LogP contribution in [0.25, 0.3) is 0 Å². The highest BCUT2D eigenvalue weighted by atomic mass is 32.2. The highest BCUT2D eigenvalue weighted by Crippen LogP contribution is 2.54. The fourth-order valence-electron chi connectivity index (χ4n) is 4.38. The van der Waals surface area contributed by atoms with Gasteiger partial charge in [0.1, 0.15) is 11.1 Å². The van der Waals surface area contributed by atoms with Gasteiger partial charge >= 0.3 is 0 Å².